The van der Waals surface area contributed by atoms with E-state index in [-0.39, 0.29) is 28.2 Å². The molecule has 2 aromatic carbocycles. The number of methoxy groups -OCH3 is 1. The first kappa shape index (κ1) is 20.3. The van der Waals surface area contributed by atoms with Gasteiger partial charge in [-0.05, 0) is 55.3 Å². The number of hydrogen-bond donors (Lipinski definition) is 1. The van der Waals surface area contributed by atoms with Crippen LogP contribution in [-0.4, -0.2) is 37.0 Å². The Morgan fingerprint density at radius 3 is 2.71 bits per heavy atom. The first-order valence-electron chi connectivity index (χ1n) is 9.12. The average Bonchev–Trinajstić information content (AvgIpc) is 2.70. The molecule has 1 N–H and O–H groups in total. The summed E-state index contributed by atoms with van der Waals surface area (Å²) in [5.41, 5.74) is 1.73. The molecular formula is C21H22ClFN2O3. The SMILES string of the molecule is COC(=O)c1cc(NC(=O)C2CCCN(Cc3ccc(F)cc3)C2)ccc1Cl. The number of anilines is 1. The molecule has 148 valence electrons. The molecule has 1 saturated heterocycles. The van der Waals surface area contributed by atoms with Gasteiger partial charge in [-0.15, -0.1) is 0 Å². The van der Waals surface area contributed by atoms with Crippen LogP contribution < -0.4 is 5.32 Å². The van der Waals surface area contributed by atoms with Gasteiger partial charge >= 0.3 is 5.97 Å². The summed E-state index contributed by atoms with van der Waals surface area (Å²) < 4.78 is 17.8. The predicted molar refractivity (Wildman–Crippen MR) is 106 cm³/mol. The van der Waals surface area contributed by atoms with E-state index in [4.69, 9.17) is 16.3 Å². The Morgan fingerprint density at radius 1 is 1.25 bits per heavy atom. The Kier molecular flexibility index (Phi) is 6.65. The highest BCUT2D eigenvalue weighted by Crippen LogP contribution is 2.24. The highest BCUT2D eigenvalue weighted by molar-refractivity contribution is 6.33. The number of esters is 1. The fourth-order valence-electron chi connectivity index (χ4n) is 3.37. The molecule has 28 heavy (non-hydrogen) atoms. The van der Waals surface area contributed by atoms with Crippen molar-refractivity contribution >= 4 is 29.2 Å². The molecule has 1 atom stereocenters. The van der Waals surface area contributed by atoms with Gasteiger partial charge in [-0.25, -0.2) is 9.18 Å². The summed E-state index contributed by atoms with van der Waals surface area (Å²) in [5.74, 6) is -1.06. The van der Waals surface area contributed by atoms with Crippen LogP contribution in [0.2, 0.25) is 5.02 Å². The lowest BCUT2D eigenvalue weighted by Gasteiger charge is -2.32. The zero-order chi connectivity index (χ0) is 20.1. The number of carbonyl (C=O) groups excluding carboxylic acids is 2. The topological polar surface area (TPSA) is 58.6 Å². The lowest BCUT2D eigenvalue weighted by atomic mass is 9.96. The van der Waals surface area contributed by atoms with Gasteiger partial charge in [-0.1, -0.05) is 23.7 Å². The molecule has 0 aliphatic carbocycles. The number of nitrogens with zero attached hydrogens (tertiary/aromatic N) is 1. The van der Waals surface area contributed by atoms with Crippen molar-refractivity contribution < 1.29 is 18.7 Å². The molecule has 1 aliphatic rings. The van der Waals surface area contributed by atoms with Crippen molar-refractivity contribution in [1.82, 2.24) is 4.90 Å². The minimum Gasteiger partial charge on any atom is -0.465 e. The van der Waals surface area contributed by atoms with Crippen molar-refractivity contribution in [2.75, 3.05) is 25.5 Å². The van der Waals surface area contributed by atoms with Crippen molar-refractivity contribution in [2.45, 2.75) is 19.4 Å². The van der Waals surface area contributed by atoms with Crippen molar-refractivity contribution in [1.29, 1.82) is 0 Å². The third kappa shape index (κ3) is 5.09. The van der Waals surface area contributed by atoms with Gasteiger partial charge in [0.2, 0.25) is 5.91 Å². The molecule has 1 amide bonds. The number of amides is 1. The third-order valence-electron chi connectivity index (χ3n) is 4.83. The van der Waals surface area contributed by atoms with Crippen LogP contribution >= 0.6 is 11.6 Å². The standard InChI is InChI=1S/C21H22ClFN2O3/c1-28-21(27)18-11-17(8-9-19(18)22)24-20(26)15-3-2-10-25(13-15)12-14-4-6-16(23)7-5-14/h4-9,11,15H,2-3,10,12-13H2,1H3,(H,24,26). The zero-order valence-electron chi connectivity index (χ0n) is 15.6. The molecule has 0 radical (unpaired) electrons. The molecule has 0 spiro atoms. The summed E-state index contributed by atoms with van der Waals surface area (Å²) in [6, 6.07) is 11.2. The first-order chi connectivity index (χ1) is 13.5. The van der Waals surface area contributed by atoms with E-state index < -0.39 is 5.97 Å². The second-order valence-corrected chi connectivity index (χ2v) is 7.28. The second kappa shape index (κ2) is 9.17. The van der Waals surface area contributed by atoms with Crippen LogP contribution in [-0.2, 0) is 16.1 Å². The maximum atomic E-state index is 13.1. The van der Waals surface area contributed by atoms with Gasteiger partial charge in [-0.2, -0.15) is 0 Å². The summed E-state index contributed by atoms with van der Waals surface area (Å²) in [6.07, 6.45) is 1.70. The largest absolute Gasteiger partial charge is 0.465 e. The van der Waals surface area contributed by atoms with E-state index in [0.29, 0.717) is 18.8 Å². The van der Waals surface area contributed by atoms with Crippen LogP contribution in [0.1, 0.15) is 28.8 Å². The van der Waals surface area contributed by atoms with Crippen molar-refractivity contribution in [2.24, 2.45) is 5.92 Å². The van der Waals surface area contributed by atoms with E-state index >= 15 is 0 Å². The van der Waals surface area contributed by atoms with Gasteiger partial charge in [0, 0.05) is 18.8 Å². The van der Waals surface area contributed by atoms with Gasteiger partial charge in [-0.3, -0.25) is 9.69 Å². The van der Waals surface area contributed by atoms with Crippen LogP contribution in [0.3, 0.4) is 0 Å². The van der Waals surface area contributed by atoms with Crippen LogP contribution in [0, 0.1) is 11.7 Å². The van der Waals surface area contributed by atoms with Crippen LogP contribution in [0.15, 0.2) is 42.5 Å². The fraction of sp³-hybridized carbons (Fsp3) is 0.333. The Labute approximate surface area is 168 Å². The summed E-state index contributed by atoms with van der Waals surface area (Å²) in [5, 5.41) is 3.14. The maximum absolute atomic E-state index is 13.1. The number of halogens is 2. The summed E-state index contributed by atoms with van der Waals surface area (Å²) in [4.78, 5) is 26.7. The lowest BCUT2D eigenvalue weighted by molar-refractivity contribution is -0.121. The first-order valence-corrected chi connectivity index (χ1v) is 9.49. The molecule has 0 aromatic heterocycles. The summed E-state index contributed by atoms with van der Waals surface area (Å²) in [7, 11) is 1.28. The number of likely N-dealkylation sites (tertiary alicyclic amines) is 1. The molecule has 1 fully saturated rings. The molecule has 0 bridgehead atoms. The van der Waals surface area contributed by atoms with Crippen LogP contribution in [0.4, 0.5) is 10.1 Å². The lowest BCUT2D eigenvalue weighted by Crippen LogP contribution is -2.40. The van der Waals surface area contributed by atoms with E-state index in [1.54, 1.807) is 24.3 Å². The molecule has 5 nitrogen and oxygen atoms in total. The van der Waals surface area contributed by atoms with Crippen LogP contribution in [0.25, 0.3) is 0 Å². The maximum Gasteiger partial charge on any atom is 0.339 e. The smallest absolute Gasteiger partial charge is 0.339 e. The number of nitrogens with one attached hydrogen (secondary N) is 1. The number of carbonyl (C=O) groups is 2. The molecule has 1 heterocycles. The minimum atomic E-state index is -0.552. The van der Waals surface area contributed by atoms with E-state index in [2.05, 4.69) is 10.2 Å². The van der Waals surface area contributed by atoms with Crippen molar-refractivity contribution in [3.8, 4) is 0 Å². The number of ether oxygens (including phenoxy) is 1. The molecule has 2 aromatic rings. The highest BCUT2D eigenvalue weighted by Gasteiger charge is 2.26. The molecule has 1 aliphatic heterocycles. The second-order valence-electron chi connectivity index (χ2n) is 6.88. The molecule has 0 saturated carbocycles. The number of benzene rings is 2. The van der Waals surface area contributed by atoms with Crippen molar-refractivity contribution in [3.63, 3.8) is 0 Å². The predicted octanol–water partition coefficient (Wildman–Crippen LogP) is 4.12. The van der Waals surface area contributed by atoms with E-state index in [1.807, 2.05) is 0 Å². The van der Waals surface area contributed by atoms with Gasteiger partial charge in [0.15, 0.2) is 0 Å². The average molecular weight is 405 g/mol. The Hall–Kier alpha value is -2.44. The van der Waals surface area contributed by atoms with Gasteiger partial charge in [0.25, 0.3) is 0 Å². The third-order valence-corrected chi connectivity index (χ3v) is 5.16. The number of hydrogen-bond acceptors (Lipinski definition) is 4. The van der Waals surface area contributed by atoms with E-state index in [1.165, 1.54) is 25.3 Å². The Morgan fingerprint density at radius 2 is 2.00 bits per heavy atom. The highest BCUT2D eigenvalue weighted by atomic mass is 35.5. The van der Waals surface area contributed by atoms with Gasteiger partial charge < -0.3 is 10.1 Å². The van der Waals surface area contributed by atoms with Crippen LogP contribution in [0.5, 0.6) is 0 Å². The monoisotopic (exact) mass is 404 g/mol. The Bertz CT molecular complexity index is 857. The minimum absolute atomic E-state index is 0.0954. The normalized spacial score (nSPS) is 17.2. The quantitative estimate of drug-likeness (QED) is 0.762. The van der Waals surface area contributed by atoms with Gasteiger partial charge in [0.05, 0.1) is 23.6 Å². The van der Waals surface area contributed by atoms with E-state index in [9.17, 15) is 14.0 Å². The Balaban J connectivity index is 1.62. The van der Waals surface area contributed by atoms with Gasteiger partial charge in [0.1, 0.15) is 5.82 Å². The number of piperidine rings is 1. The summed E-state index contributed by atoms with van der Waals surface area (Å²) in [6.45, 7) is 2.20. The molecule has 3 rings (SSSR count). The molecular weight excluding hydrogens is 383 g/mol. The fourth-order valence-corrected chi connectivity index (χ4v) is 3.57. The van der Waals surface area contributed by atoms with Crippen molar-refractivity contribution in [3.05, 3.63) is 64.4 Å². The number of rotatable bonds is 5. The zero-order valence-corrected chi connectivity index (χ0v) is 16.3. The molecule has 7 heteroatoms. The summed E-state index contributed by atoms with van der Waals surface area (Å²) >= 11 is 6.02. The molecule has 1 unspecified atom stereocenters. The van der Waals surface area contributed by atoms with E-state index in [0.717, 1.165) is 24.9 Å².